The first-order valence-corrected chi connectivity index (χ1v) is 7.92. The number of nitro groups is 1. The first-order chi connectivity index (χ1) is 12.4. The summed E-state index contributed by atoms with van der Waals surface area (Å²) in [5.74, 6) is -1.12. The number of rotatable bonds is 6. The summed E-state index contributed by atoms with van der Waals surface area (Å²) in [4.78, 5) is 33.8. The van der Waals surface area contributed by atoms with Gasteiger partial charge in [0.25, 0.3) is 17.5 Å². The molecule has 2 N–H and O–H groups in total. The maximum absolute atomic E-state index is 12.0. The molecule has 26 heavy (non-hydrogen) atoms. The summed E-state index contributed by atoms with van der Waals surface area (Å²) in [5.41, 5.74) is 2.74. The summed E-state index contributed by atoms with van der Waals surface area (Å²) in [7, 11) is 0. The van der Waals surface area contributed by atoms with Gasteiger partial charge in [0, 0.05) is 22.7 Å². The van der Waals surface area contributed by atoms with E-state index in [-0.39, 0.29) is 22.8 Å². The normalized spacial score (nSPS) is 10.5. The Balaban J connectivity index is 1.86. The van der Waals surface area contributed by atoms with Crippen LogP contribution in [0.5, 0.6) is 0 Å². The van der Waals surface area contributed by atoms with Gasteiger partial charge in [-0.15, -0.1) is 0 Å². The molecule has 0 bridgehead atoms. The molecule has 2 amide bonds. The fourth-order valence-electron chi connectivity index (χ4n) is 1.87. The van der Waals surface area contributed by atoms with E-state index in [2.05, 4.69) is 15.8 Å². The Morgan fingerprint density at radius 2 is 1.96 bits per heavy atom. The average Bonchev–Trinajstić information content (AvgIpc) is 2.60. The highest BCUT2D eigenvalue weighted by molar-refractivity contribution is 6.36. The van der Waals surface area contributed by atoms with Gasteiger partial charge in [-0.05, 0) is 18.2 Å². The maximum atomic E-state index is 12.0. The number of amides is 2. The van der Waals surface area contributed by atoms with Gasteiger partial charge in [-0.2, -0.15) is 5.10 Å². The molecular formula is C16H12Cl2N4O4. The second-order valence-electron chi connectivity index (χ2n) is 4.95. The first-order valence-electron chi connectivity index (χ1n) is 7.16. The summed E-state index contributed by atoms with van der Waals surface area (Å²) in [5, 5.41) is 17.3. The Bertz CT molecular complexity index is 886. The molecule has 2 aromatic rings. The summed E-state index contributed by atoms with van der Waals surface area (Å²) in [6.45, 7) is -0.329. The van der Waals surface area contributed by atoms with Gasteiger partial charge in [0.1, 0.15) is 0 Å². The lowest BCUT2D eigenvalue weighted by Crippen LogP contribution is -2.35. The zero-order valence-corrected chi connectivity index (χ0v) is 14.6. The van der Waals surface area contributed by atoms with E-state index in [0.717, 1.165) is 0 Å². The largest absolute Gasteiger partial charge is 0.343 e. The van der Waals surface area contributed by atoms with Crippen molar-refractivity contribution < 1.29 is 14.5 Å². The lowest BCUT2D eigenvalue weighted by atomic mass is 10.2. The van der Waals surface area contributed by atoms with Crippen LogP contribution in [-0.4, -0.2) is 29.5 Å². The van der Waals surface area contributed by atoms with Gasteiger partial charge in [-0.1, -0.05) is 35.3 Å². The zero-order chi connectivity index (χ0) is 19.1. The van der Waals surface area contributed by atoms with Crippen molar-refractivity contribution in [2.75, 3.05) is 6.54 Å². The molecule has 0 saturated carbocycles. The highest BCUT2D eigenvalue weighted by Crippen LogP contribution is 2.20. The molecule has 0 fully saturated rings. The fourth-order valence-corrected chi connectivity index (χ4v) is 2.36. The van der Waals surface area contributed by atoms with Crippen molar-refractivity contribution in [3.8, 4) is 0 Å². The Hall–Kier alpha value is -2.97. The minimum atomic E-state index is -0.579. The zero-order valence-electron chi connectivity index (χ0n) is 13.1. The molecule has 0 heterocycles. The number of benzene rings is 2. The number of carbonyl (C=O) groups excluding carboxylic acids is 2. The highest BCUT2D eigenvalue weighted by Gasteiger charge is 2.11. The summed E-state index contributed by atoms with van der Waals surface area (Å²) >= 11 is 11.7. The van der Waals surface area contributed by atoms with Gasteiger partial charge in [0.05, 0.1) is 28.3 Å². The third-order valence-corrected chi connectivity index (χ3v) is 3.62. The Morgan fingerprint density at radius 3 is 2.65 bits per heavy atom. The van der Waals surface area contributed by atoms with Crippen LogP contribution < -0.4 is 10.7 Å². The summed E-state index contributed by atoms with van der Waals surface area (Å²) < 4.78 is 0. The van der Waals surface area contributed by atoms with Gasteiger partial charge in [0.15, 0.2) is 0 Å². The predicted octanol–water partition coefficient (Wildman–Crippen LogP) is 2.78. The average molecular weight is 395 g/mol. The number of hydrogen-bond acceptors (Lipinski definition) is 5. The van der Waals surface area contributed by atoms with Crippen molar-refractivity contribution >= 4 is 46.9 Å². The minimum absolute atomic E-state index is 0.0904. The molecule has 0 aliphatic heterocycles. The molecule has 0 radical (unpaired) electrons. The van der Waals surface area contributed by atoms with Crippen LogP contribution in [0, 0.1) is 10.1 Å². The molecule has 10 heteroatoms. The van der Waals surface area contributed by atoms with Crippen molar-refractivity contribution in [3.05, 3.63) is 73.8 Å². The second-order valence-corrected chi connectivity index (χ2v) is 5.80. The molecule has 0 aliphatic carbocycles. The van der Waals surface area contributed by atoms with Gasteiger partial charge in [-0.25, -0.2) is 5.43 Å². The third-order valence-electron chi connectivity index (χ3n) is 3.07. The number of non-ortho nitro benzene ring substituents is 1. The van der Waals surface area contributed by atoms with Crippen LogP contribution in [0.3, 0.4) is 0 Å². The quantitative estimate of drug-likeness (QED) is 0.445. The Labute approximate surface area is 157 Å². The molecule has 0 aliphatic rings. The topological polar surface area (TPSA) is 114 Å². The molecule has 2 aromatic carbocycles. The monoisotopic (exact) mass is 394 g/mol. The number of halogens is 2. The van der Waals surface area contributed by atoms with Crippen LogP contribution in [0.1, 0.15) is 15.9 Å². The molecule has 134 valence electrons. The molecule has 0 atom stereocenters. The maximum Gasteiger partial charge on any atom is 0.270 e. The van der Waals surface area contributed by atoms with Crippen LogP contribution in [0.2, 0.25) is 10.0 Å². The van der Waals surface area contributed by atoms with E-state index in [1.807, 2.05) is 0 Å². The van der Waals surface area contributed by atoms with Gasteiger partial charge in [0.2, 0.25) is 0 Å². The van der Waals surface area contributed by atoms with Crippen molar-refractivity contribution in [1.82, 2.24) is 10.7 Å². The summed E-state index contributed by atoms with van der Waals surface area (Å²) in [6, 6.07) is 10.1. The van der Waals surface area contributed by atoms with E-state index >= 15 is 0 Å². The number of nitrogens with zero attached hydrogens (tertiary/aromatic N) is 2. The van der Waals surface area contributed by atoms with Crippen LogP contribution in [0.15, 0.2) is 47.6 Å². The van der Waals surface area contributed by atoms with Crippen LogP contribution in [0.4, 0.5) is 5.69 Å². The van der Waals surface area contributed by atoms with E-state index in [0.29, 0.717) is 10.6 Å². The van der Waals surface area contributed by atoms with Gasteiger partial charge >= 0.3 is 0 Å². The van der Waals surface area contributed by atoms with E-state index < -0.39 is 16.7 Å². The van der Waals surface area contributed by atoms with Crippen LogP contribution in [-0.2, 0) is 4.79 Å². The van der Waals surface area contributed by atoms with Crippen LogP contribution in [0.25, 0.3) is 0 Å². The SMILES string of the molecule is O=C(CNC(=O)c1ccc(Cl)cc1Cl)NN=Cc1cccc([N+](=O)[O-])c1. The van der Waals surface area contributed by atoms with Gasteiger partial charge in [-0.3, -0.25) is 19.7 Å². The smallest absolute Gasteiger partial charge is 0.270 e. The molecule has 2 rings (SSSR count). The highest BCUT2D eigenvalue weighted by atomic mass is 35.5. The van der Waals surface area contributed by atoms with Crippen molar-refractivity contribution in [3.63, 3.8) is 0 Å². The number of nitro benzene ring substituents is 1. The van der Waals surface area contributed by atoms with E-state index in [1.165, 1.54) is 42.6 Å². The molecule has 8 nitrogen and oxygen atoms in total. The van der Waals surface area contributed by atoms with Crippen molar-refractivity contribution in [2.45, 2.75) is 0 Å². The number of hydrazone groups is 1. The number of carbonyl (C=O) groups is 2. The molecule has 0 aromatic heterocycles. The molecule has 0 unspecified atom stereocenters. The number of nitrogens with one attached hydrogen (secondary N) is 2. The Morgan fingerprint density at radius 1 is 1.19 bits per heavy atom. The van der Waals surface area contributed by atoms with Crippen molar-refractivity contribution in [1.29, 1.82) is 0 Å². The lowest BCUT2D eigenvalue weighted by Gasteiger charge is -2.06. The summed E-state index contributed by atoms with van der Waals surface area (Å²) in [6.07, 6.45) is 1.25. The predicted molar refractivity (Wildman–Crippen MR) is 97.6 cm³/mol. The van der Waals surface area contributed by atoms with E-state index in [1.54, 1.807) is 6.07 Å². The minimum Gasteiger partial charge on any atom is -0.343 e. The molecule has 0 spiro atoms. The van der Waals surface area contributed by atoms with Crippen LogP contribution >= 0.6 is 23.2 Å². The molecular weight excluding hydrogens is 383 g/mol. The van der Waals surface area contributed by atoms with E-state index in [9.17, 15) is 19.7 Å². The number of hydrogen-bond donors (Lipinski definition) is 2. The lowest BCUT2D eigenvalue weighted by molar-refractivity contribution is -0.384. The second kappa shape index (κ2) is 8.93. The molecule has 0 saturated heterocycles. The fraction of sp³-hybridized carbons (Fsp3) is 0.0625. The first kappa shape index (κ1) is 19.4. The Kier molecular flexibility index (Phi) is 6.65. The standard InChI is InChI=1S/C16H12Cl2N4O4/c17-11-4-5-13(14(18)7-11)16(24)19-9-15(23)21-20-8-10-2-1-3-12(6-10)22(25)26/h1-8H,9H2,(H,19,24)(H,21,23). The van der Waals surface area contributed by atoms with E-state index in [4.69, 9.17) is 23.2 Å². The van der Waals surface area contributed by atoms with Crippen molar-refractivity contribution in [2.24, 2.45) is 5.10 Å². The van der Waals surface area contributed by atoms with Gasteiger partial charge < -0.3 is 5.32 Å². The third kappa shape index (κ3) is 5.54.